The second-order valence-corrected chi connectivity index (χ2v) is 6.29. The first-order valence-corrected chi connectivity index (χ1v) is 8.75. The van der Waals surface area contributed by atoms with Crippen molar-refractivity contribution >= 4 is 41.0 Å². The first-order valence-electron chi connectivity index (χ1n) is 8.38. The highest BCUT2D eigenvalue weighted by atomic mass is 35.5. The summed E-state index contributed by atoms with van der Waals surface area (Å²) in [5, 5.41) is 7.11. The molecule has 140 valence electrons. The number of carbonyl (C=O) groups excluding carboxylic acids is 2. The lowest BCUT2D eigenvalue weighted by atomic mass is 10.2. The molecule has 0 fully saturated rings. The van der Waals surface area contributed by atoms with E-state index in [1.807, 2.05) is 0 Å². The molecule has 6 nitrogen and oxygen atoms in total. The van der Waals surface area contributed by atoms with Crippen LogP contribution in [-0.2, 0) is 0 Å². The molecule has 3 aromatic carbocycles. The van der Waals surface area contributed by atoms with Gasteiger partial charge in [0, 0.05) is 16.9 Å². The molecule has 0 saturated heterocycles. The van der Waals surface area contributed by atoms with E-state index in [4.69, 9.17) is 17.3 Å². The fourth-order valence-electron chi connectivity index (χ4n) is 2.40. The second-order valence-electron chi connectivity index (χ2n) is 5.88. The first-order chi connectivity index (χ1) is 13.5. The van der Waals surface area contributed by atoms with E-state index < -0.39 is 0 Å². The average Bonchev–Trinajstić information content (AvgIpc) is 2.69. The van der Waals surface area contributed by atoms with Gasteiger partial charge in [-0.25, -0.2) is 5.43 Å². The van der Waals surface area contributed by atoms with E-state index in [9.17, 15) is 9.59 Å². The van der Waals surface area contributed by atoms with E-state index in [2.05, 4.69) is 15.8 Å². The van der Waals surface area contributed by atoms with Crippen LogP contribution in [0.1, 0.15) is 26.3 Å². The minimum absolute atomic E-state index is 0.309. The molecule has 0 unspecified atom stereocenters. The zero-order valence-electron chi connectivity index (χ0n) is 14.7. The molecule has 3 aromatic rings. The van der Waals surface area contributed by atoms with Crippen molar-refractivity contribution < 1.29 is 9.59 Å². The Kier molecular flexibility index (Phi) is 6.04. The number of nitrogens with zero attached hydrogens (tertiary/aromatic N) is 1. The molecule has 7 heteroatoms. The van der Waals surface area contributed by atoms with Crippen LogP contribution in [0.5, 0.6) is 0 Å². The maximum Gasteiger partial charge on any atom is 0.271 e. The van der Waals surface area contributed by atoms with Crippen molar-refractivity contribution in [1.82, 2.24) is 5.43 Å². The summed E-state index contributed by atoms with van der Waals surface area (Å²) in [5.74, 6) is -0.657. The van der Waals surface area contributed by atoms with Gasteiger partial charge in [0.2, 0.25) is 0 Å². The highest BCUT2D eigenvalue weighted by Crippen LogP contribution is 2.17. The molecule has 0 aliphatic heterocycles. The van der Waals surface area contributed by atoms with Gasteiger partial charge in [0.1, 0.15) is 0 Å². The highest BCUT2D eigenvalue weighted by molar-refractivity contribution is 6.34. The van der Waals surface area contributed by atoms with E-state index in [-0.39, 0.29) is 11.8 Å². The Morgan fingerprint density at radius 2 is 1.68 bits per heavy atom. The molecule has 0 aromatic heterocycles. The Labute approximate surface area is 167 Å². The van der Waals surface area contributed by atoms with Gasteiger partial charge in [-0.05, 0) is 54.1 Å². The molecule has 0 atom stereocenters. The van der Waals surface area contributed by atoms with Gasteiger partial charge in [0.25, 0.3) is 11.8 Å². The third kappa shape index (κ3) is 4.96. The van der Waals surface area contributed by atoms with Gasteiger partial charge in [-0.2, -0.15) is 5.10 Å². The molecule has 2 amide bonds. The van der Waals surface area contributed by atoms with Crippen LogP contribution in [0.4, 0.5) is 11.4 Å². The number of hydrazone groups is 1. The Bertz CT molecular complexity index is 1030. The summed E-state index contributed by atoms with van der Waals surface area (Å²) in [7, 11) is 0. The van der Waals surface area contributed by atoms with Gasteiger partial charge in [-0.1, -0.05) is 35.9 Å². The lowest BCUT2D eigenvalue weighted by Gasteiger charge is -2.07. The number of carbonyl (C=O) groups is 2. The lowest BCUT2D eigenvalue weighted by molar-refractivity contribution is 0.0954. The van der Waals surface area contributed by atoms with Crippen molar-refractivity contribution in [2.45, 2.75) is 0 Å². The van der Waals surface area contributed by atoms with E-state index in [1.165, 1.54) is 6.21 Å². The summed E-state index contributed by atoms with van der Waals surface area (Å²) in [4.78, 5) is 24.3. The molecule has 0 saturated carbocycles. The van der Waals surface area contributed by atoms with Gasteiger partial charge in [0.15, 0.2) is 0 Å². The molecule has 0 radical (unpaired) electrons. The van der Waals surface area contributed by atoms with E-state index in [1.54, 1.807) is 72.8 Å². The normalized spacial score (nSPS) is 10.6. The maximum absolute atomic E-state index is 12.3. The Morgan fingerprint density at radius 3 is 2.43 bits per heavy atom. The Hall–Kier alpha value is -3.64. The van der Waals surface area contributed by atoms with Crippen LogP contribution in [0.25, 0.3) is 0 Å². The third-order valence-electron chi connectivity index (χ3n) is 3.82. The first kappa shape index (κ1) is 19.1. The molecular formula is C21H17ClN4O2. The average molecular weight is 393 g/mol. The number of rotatable bonds is 5. The van der Waals surface area contributed by atoms with Crippen molar-refractivity contribution in [2.24, 2.45) is 5.10 Å². The number of halogens is 1. The number of nitrogen functional groups attached to an aromatic ring is 1. The summed E-state index contributed by atoms with van der Waals surface area (Å²) in [6.45, 7) is 0. The number of nitrogens with two attached hydrogens (primary N) is 1. The van der Waals surface area contributed by atoms with Crippen LogP contribution in [0.3, 0.4) is 0 Å². The molecular weight excluding hydrogens is 376 g/mol. The topological polar surface area (TPSA) is 96.6 Å². The van der Waals surface area contributed by atoms with E-state index >= 15 is 0 Å². The molecule has 0 heterocycles. The number of hydrogen-bond donors (Lipinski definition) is 3. The Morgan fingerprint density at radius 1 is 0.929 bits per heavy atom. The molecule has 3 rings (SSSR count). The summed E-state index contributed by atoms with van der Waals surface area (Å²) in [6, 6.07) is 20.4. The van der Waals surface area contributed by atoms with Crippen molar-refractivity contribution in [3.05, 3.63) is 94.5 Å². The van der Waals surface area contributed by atoms with Gasteiger partial charge >= 0.3 is 0 Å². The number of anilines is 2. The smallest absolute Gasteiger partial charge is 0.271 e. The van der Waals surface area contributed by atoms with Crippen molar-refractivity contribution in [1.29, 1.82) is 0 Å². The fourth-order valence-corrected chi connectivity index (χ4v) is 2.63. The van der Waals surface area contributed by atoms with Crippen molar-refractivity contribution in [3.63, 3.8) is 0 Å². The number of hydrogen-bond acceptors (Lipinski definition) is 4. The zero-order chi connectivity index (χ0) is 19.9. The minimum Gasteiger partial charge on any atom is -0.399 e. The molecule has 0 spiro atoms. The summed E-state index contributed by atoms with van der Waals surface area (Å²) < 4.78 is 0. The predicted molar refractivity (Wildman–Crippen MR) is 112 cm³/mol. The van der Waals surface area contributed by atoms with Gasteiger partial charge in [-0.3, -0.25) is 9.59 Å². The SMILES string of the molecule is Nc1ccc(C(=O)N/N=C\c2cccc(NC(=O)c3ccccc3Cl)c2)cc1. The predicted octanol–water partition coefficient (Wildman–Crippen LogP) is 3.94. The summed E-state index contributed by atoms with van der Waals surface area (Å²) in [5.41, 5.74) is 10.7. The fraction of sp³-hybridized carbons (Fsp3) is 0. The van der Waals surface area contributed by atoms with Crippen LogP contribution < -0.4 is 16.5 Å². The highest BCUT2D eigenvalue weighted by Gasteiger charge is 2.09. The molecule has 28 heavy (non-hydrogen) atoms. The summed E-state index contributed by atoms with van der Waals surface area (Å²) in [6.07, 6.45) is 1.49. The van der Waals surface area contributed by atoms with Crippen LogP contribution in [0.15, 0.2) is 77.9 Å². The zero-order valence-corrected chi connectivity index (χ0v) is 15.5. The Balaban J connectivity index is 1.63. The molecule has 0 aliphatic carbocycles. The monoisotopic (exact) mass is 392 g/mol. The number of amides is 2. The van der Waals surface area contributed by atoms with Gasteiger partial charge < -0.3 is 11.1 Å². The van der Waals surface area contributed by atoms with Crippen LogP contribution in [0.2, 0.25) is 5.02 Å². The number of benzene rings is 3. The molecule has 4 N–H and O–H groups in total. The van der Waals surface area contributed by atoms with Gasteiger partial charge in [-0.15, -0.1) is 0 Å². The maximum atomic E-state index is 12.3. The summed E-state index contributed by atoms with van der Waals surface area (Å²) >= 11 is 6.04. The lowest BCUT2D eigenvalue weighted by Crippen LogP contribution is -2.17. The van der Waals surface area contributed by atoms with Crippen LogP contribution in [0, 0.1) is 0 Å². The minimum atomic E-state index is -0.348. The molecule has 0 bridgehead atoms. The van der Waals surface area contributed by atoms with Crippen LogP contribution in [-0.4, -0.2) is 18.0 Å². The van der Waals surface area contributed by atoms with E-state index in [0.717, 1.165) is 0 Å². The largest absolute Gasteiger partial charge is 0.399 e. The van der Waals surface area contributed by atoms with Crippen molar-refractivity contribution in [3.8, 4) is 0 Å². The number of nitrogens with one attached hydrogen (secondary N) is 2. The van der Waals surface area contributed by atoms with Gasteiger partial charge in [0.05, 0.1) is 16.8 Å². The van der Waals surface area contributed by atoms with Crippen LogP contribution >= 0.6 is 11.6 Å². The third-order valence-corrected chi connectivity index (χ3v) is 4.15. The molecule has 0 aliphatic rings. The van der Waals surface area contributed by atoms with E-state index in [0.29, 0.717) is 33.1 Å². The standard InChI is InChI=1S/C21H17ClN4O2/c22-19-7-2-1-6-18(19)21(28)25-17-5-3-4-14(12-17)13-24-26-20(27)15-8-10-16(23)11-9-15/h1-13H,23H2,(H,25,28)(H,26,27)/b24-13-. The quantitative estimate of drug-likeness (QED) is 0.348. The van der Waals surface area contributed by atoms with Crippen molar-refractivity contribution in [2.75, 3.05) is 11.1 Å². The second kappa shape index (κ2) is 8.83.